The zero-order valence-electron chi connectivity index (χ0n) is 12.7. The molecule has 0 bridgehead atoms. The summed E-state index contributed by atoms with van der Waals surface area (Å²) in [4.78, 5) is 0. The van der Waals surface area contributed by atoms with Crippen LogP contribution in [0.4, 0.5) is 4.39 Å². The maximum absolute atomic E-state index is 13.3. The van der Waals surface area contributed by atoms with Gasteiger partial charge in [-0.25, -0.2) is 4.39 Å². The Kier molecular flexibility index (Phi) is 4.06. The molecule has 6 heteroatoms. The number of fused-ring (bicyclic) bond motifs is 1. The summed E-state index contributed by atoms with van der Waals surface area (Å²) in [6, 6.07) is 12.0. The molecule has 0 saturated heterocycles. The van der Waals surface area contributed by atoms with E-state index in [-0.39, 0.29) is 23.0 Å². The van der Waals surface area contributed by atoms with E-state index in [1.54, 1.807) is 23.9 Å². The van der Waals surface area contributed by atoms with Crippen molar-refractivity contribution in [3.63, 3.8) is 0 Å². The number of benzene rings is 1. The van der Waals surface area contributed by atoms with Gasteiger partial charge in [-0.1, -0.05) is 18.2 Å². The Morgan fingerprint density at radius 1 is 1.17 bits per heavy atom. The van der Waals surface area contributed by atoms with Gasteiger partial charge in [-0.2, -0.15) is 27.5 Å². The van der Waals surface area contributed by atoms with E-state index < -0.39 is 11.3 Å². The molecule has 0 fully saturated rings. The van der Waals surface area contributed by atoms with Crippen molar-refractivity contribution < 1.29 is 4.39 Å². The highest BCUT2D eigenvalue weighted by Crippen LogP contribution is 2.54. The van der Waals surface area contributed by atoms with E-state index >= 15 is 0 Å². The summed E-state index contributed by atoms with van der Waals surface area (Å²) in [5.74, 6) is 0.327. The molecule has 24 heavy (non-hydrogen) atoms. The van der Waals surface area contributed by atoms with Gasteiger partial charge in [0.2, 0.25) is 0 Å². The number of hydrogen-bond acceptors (Lipinski definition) is 5. The van der Waals surface area contributed by atoms with Crippen molar-refractivity contribution in [3.8, 4) is 18.2 Å². The van der Waals surface area contributed by atoms with Crippen LogP contribution in [-0.4, -0.2) is 11.5 Å². The van der Waals surface area contributed by atoms with E-state index in [0.717, 1.165) is 11.3 Å². The predicted molar refractivity (Wildman–Crippen MR) is 88.5 cm³/mol. The molecule has 1 aliphatic carbocycles. The molecular formula is C18H13FN4S. The number of nitrogens with two attached hydrogens (primary N) is 1. The Morgan fingerprint density at radius 2 is 1.83 bits per heavy atom. The number of nitrogens with zero attached hydrogens (tertiary/aromatic N) is 3. The molecule has 0 spiro atoms. The van der Waals surface area contributed by atoms with Crippen LogP contribution in [0.3, 0.4) is 0 Å². The van der Waals surface area contributed by atoms with Crippen molar-refractivity contribution >= 4 is 11.8 Å². The van der Waals surface area contributed by atoms with Crippen molar-refractivity contribution in [2.45, 2.75) is 5.92 Å². The van der Waals surface area contributed by atoms with Crippen molar-refractivity contribution in [2.75, 3.05) is 11.5 Å². The monoisotopic (exact) mass is 336 g/mol. The largest absolute Gasteiger partial charge is 0.399 e. The molecule has 1 aromatic rings. The molecule has 0 amide bonds. The number of thioether (sulfide) groups is 1. The minimum atomic E-state index is -1.64. The summed E-state index contributed by atoms with van der Waals surface area (Å²) in [6.07, 6.45) is 1.94. The summed E-state index contributed by atoms with van der Waals surface area (Å²) in [5.41, 5.74) is 6.22. The normalized spacial score (nSPS) is 24.8. The first-order valence-corrected chi connectivity index (χ1v) is 8.51. The second-order valence-corrected chi connectivity index (χ2v) is 6.84. The Labute approximate surface area is 143 Å². The Morgan fingerprint density at radius 3 is 2.42 bits per heavy atom. The zero-order chi connectivity index (χ0) is 17.3. The Bertz CT molecular complexity index is 850. The molecule has 0 saturated carbocycles. The standard InChI is InChI=1S/C18H13FN4S/c19-12-3-1-11(2-4-12)16-15-8-24-6-5-13(15)14(7-20)17(23)18(16,9-21)10-22/h1-5,15-16H,6,8,23H2/t15-,16-/m0/s1. The third kappa shape index (κ3) is 2.18. The predicted octanol–water partition coefficient (Wildman–Crippen LogP) is 2.98. The third-order valence-electron chi connectivity index (χ3n) is 4.66. The minimum Gasteiger partial charge on any atom is -0.399 e. The van der Waals surface area contributed by atoms with Crippen LogP contribution in [0.2, 0.25) is 0 Å². The van der Waals surface area contributed by atoms with Gasteiger partial charge in [0.25, 0.3) is 0 Å². The number of rotatable bonds is 1. The molecule has 2 aliphatic rings. The lowest BCUT2D eigenvalue weighted by Crippen LogP contribution is -2.43. The van der Waals surface area contributed by atoms with Gasteiger partial charge in [0, 0.05) is 23.3 Å². The van der Waals surface area contributed by atoms with E-state index in [0.29, 0.717) is 11.3 Å². The molecule has 3 rings (SSSR count). The van der Waals surface area contributed by atoms with E-state index in [1.165, 1.54) is 12.1 Å². The summed E-state index contributed by atoms with van der Waals surface area (Å²) in [7, 11) is 0. The summed E-state index contributed by atoms with van der Waals surface area (Å²) in [5, 5.41) is 29.1. The van der Waals surface area contributed by atoms with Crippen LogP contribution in [-0.2, 0) is 0 Å². The van der Waals surface area contributed by atoms with Gasteiger partial charge < -0.3 is 5.73 Å². The molecule has 1 heterocycles. The highest BCUT2D eigenvalue weighted by molar-refractivity contribution is 7.99. The minimum absolute atomic E-state index is 0.00118. The first kappa shape index (κ1) is 16.1. The zero-order valence-corrected chi connectivity index (χ0v) is 13.5. The second-order valence-electron chi connectivity index (χ2n) is 5.76. The topological polar surface area (TPSA) is 97.4 Å². The van der Waals surface area contributed by atoms with Crippen LogP contribution in [0.15, 0.2) is 47.2 Å². The molecule has 0 unspecified atom stereocenters. The molecule has 1 aromatic carbocycles. The van der Waals surface area contributed by atoms with Crippen molar-refractivity contribution in [1.29, 1.82) is 15.8 Å². The summed E-state index contributed by atoms with van der Waals surface area (Å²) in [6.45, 7) is 0. The first-order valence-electron chi connectivity index (χ1n) is 7.35. The van der Waals surface area contributed by atoms with Crippen LogP contribution < -0.4 is 5.73 Å². The number of halogens is 1. The second kappa shape index (κ2) is 6.04. The number of nitriles is 3. The molecule has 0 radical (unpaired) electrons. The summed E-state index contributed by atoms with van der Waals surface area (Å²) >= 11 is 1.68. The van der Waals surface area contributed by atoms with Gasteiger partial charge in [0.05, 0.1) is 23.4 Å². The van der Waals surface area contributed by atoms with E-state index in [9.17, 15) is 20.2 Å². The van der Waals surface area contributed by atoms with Crippen LogP contribution in [0, 0.1) is 51.1 Å². The van der Waals surface area contributed by atoms with Gasteiger partial charge >= 0.3 is 0 Å². The Hall–Kier alpha value is -2.75. The van der Waals surface area contributed by atoms with Gasteiger partial charge in [0.15, 0.2) is 5.41 Å². The highest BCUT2D eigenvalue weighted by atomic mass is 32.2. The maximum atomic E-state index is 13.3. The molecule has 4 nitrogen and oxygen atoms in total. The van der Waals surface area contributed by atoms with Crippen molar-refractivity contribution in [1.82, 2.24) is 0 Å². The third-order valence-corrected chi connectivity index (χ3v) is 5.66. The van der Waals surface area contributed by atoms with E-state index in [2.05, 4.69) is 18.2 Å². The van der Waals surface area contributed by atoms with Crippen molar-refractivity contribution in [2.24, 2.45) is 17.1 Å². The quantitative estimate of drug-likeness (QED) is 0.850. The highest BCUT2D eigenvalue weighted by Gasteiger charge is 2.53. The molecule has 1 aliphatic heterocycles. The van der Waals surface area contributed by atoms with Crippen LogP contribution in [0.5, 0.6) is 0 Å². The van der Waals surface area contributed by atoms with Crippen molar-refractivity contribution in [3.05, 3.63) is 58.6 Å². The lowest BCUT2D eigenvalue weighted by molar-refractivity contribution is 0.368. The molecule has 2 N–H and O–H groups in total. The fraction of sp³-hybridized carbons (Fsp3) is 0.278. The lowest BCUT2D eigenvalue weighted by Gasteiger charge is -2.43. The molecule has 2 atom stereocenters. The Balaban J connectivity index is 2.31. The van der Waals surface area contributed by atoms with Gasteiger partial charge in [-0.3, -0.25) is 0 Å². The fourth-order valence-corrected chi connectivity index (χ4v) is 4.59. The van der Waals surface area contributed by atoms with Gasteiger partial charge in [-0.15, -0.1) is 0 Å². The first-order chi connectivity index (χ1) is 11.6. The van der Waals surface area contributed by atoms with Gasteiger partial charge in [-0.05, 0) is 23.3 Å². The van der Waals surface area contributed by atoms with Crippen LogP contribution in [0.25, 0.3) is 0 Å². The average Bonchev–Trinajstić information content (AvgIpc) is 2.62. The van der Waals surface area contributed by atoms with E-state index in [4.69, 9.17) is 5.73 Å². The van der Waals surface area contributed by atoms with Gasteiger partial charge in [0.1, 0.15) is 11.9 Å². The maximum Gasteiger partial charge on any atom is 0.191 e. The molecule has 0 aromatic heterocycles. The summed E-state index contributed by atoms with van der Waals surface area (Å²) < 4.78 is 13.3. The average molecular weight is 336 g/mol. The smallest absolute Gasteiger partial charge is 0.191 e. The lowest BCUT2D eigenvalue weighted by atomic mass is 9.59. The fourth-order valence-electron chi connectivity index (χ4n) is 3.53. The molecular weight excluding hydrogens is 323 g/mol. The number of allylic oxidation sites excluding steroid dienone is 3. The number of hydrogen-bond donors (Lipinski definition) is 1. The SMILES string of the molecule is N#CC1=C(N)C(C#N)(C#N)[C@@H](c2ccc(F)cc2)[C@H]2CSCC=C12. The van der Waals surface area contributed by atoms with E-state index in [1.807, 2.05) is 6.08 Å². The van der Waals surface area contributed by atoms with Crippen LogP contribution in [0.1, 0.15) is 11.5 Å². The van der Waals surface area contributed by atoms with Crippen LogP contribution >= 0.6 is 11.8 Å². The molecule has 118 valence electrons.